The van der Waals surface area contributed by atoms with Gasteiger partial charge in [0, 0.05) is 6.54 Å². The van der Waals surface area contributed by atoms with E-state index in [1.807, 2.05) is 13.8 Å². The van der Waals surface area contributed by atoms with Gasteiger partial charge in [-0.15, -0.1) is 11.3 Å². The standard InChI is InChI=1S/C16H19N3O4S/c1-9-15(24-10(2)19-9)16(21)18-7-11-4-5-12(13(6-11)22-3)23-8-14(17)20/h4-6H,7-8H2,1-3H3,(H2,17,20)(H,18,21). The number of nitrogens with two attached hydrogens (primary N) is 1. The van der Waals surface area contributed by atoms with Crippen LogP contribution in [0, 0.1) is 13.8 Å². The molecule has 0 aliphatic heterocycles. The zero-order valence-electron chi connectivity index (χ0n) is 13.7. The molecule has 0 aliphatic rings. The number of primary amides is 1. The lowest BCUT2D eigenvalue weighted by Gasteiger charge is -2.11. The highest BCUT2D eigenvalue weighted by molar-refractivity contribution is 7.13. The molecule has 0 spiro atoms. The number of methoxy groups -OCH3 is 1. The van der Waals surface area contributed by atoms with E-state index in [2.05, 4.69) is 10.3 Å². The summed E-state index contributed by atoms with van der Waals surface area (Å²) in [6.07, 6.45) is 0. The van der Waals surface area contributed by atoms with E-state index in [1.165, 1.54) is 18.4 Å². The monoisotopic (exact) mass is 349 g/mol. The molecule has 0 bridgehead atoms. The van der Waals surface area contributed by atoms with Crippen LogP contribution in [0.5, 0.6) is 11.5 Å². The molecular weight excluding hydrogens is 330 g/mol. The highest BCUT2D eigenvalue weighted by atomic mass is 32.1. The van der Waals surface area contributed by atoms with Crippen molar-refractivity contribution in [3.05, 3.63) is 39.3 Å². The number of carbonyl (C=O) groups is 2. The van der Waals surface area contributed by atoms with E-state index in [-0.39, 0.29) is 12.5 Å². The predicted molar refractivity (Wildman–Crippen MR) is 90.4 cm³/mol. The van der Waals surface area contributed by atoms with Gasteiger partial charge in [0.15, 0.2) is 18.1 Å². The molecular formula is C16H19N3O4S. The lowest BCUT2D eigenvalue weighted by atomic mass is 10.2. The first-order valence-corrected chi connectivity index (χ1v) is 8.02. The van der Waals surface area contributed by atoms with Gasteiger partial charge in [-0.2, -0.15) is 0 Å². The minimum atomic E-state index is -0.566. The summed E-state index contributed by atoms with van der Waals surface area (Å²) < 4.78 is 10.5. The number of hydrogen-bond donors (Lipinski definition) is 2. The van der Waals surface area contributed by atoms with Crippen LogP contribution >= 0.6 is 11.3 Å². The Labute approximate surface area is 143 Å². The Morgan fingerprint density at radius 1 is 1.29 bits per heavy atom. The fourth-order valence-corrected chi connectivity index (χ4v) is 2.93. The number of aromatic nitrogens is 1. The molecule has 128 valence electrons. The van der Waals surface area contributed by atoms with Crippen LogP contribution in [-0.4, -0.2) is 30.5 Å². The molecule has 1 aromatic heterocycles. The van der Waals surface area contributed by atoms with Crippen LogP contribution in [0.3, 0.4) is 0 Å². The average Bonchev–Trinajstić information content (AvgIpc) is 2.89. The number of thiazole rings is 1. The second kappa shape index (κ2) is 7.78. The van der Waals surface area contributed by atoms with Crippen molar-refractivity contribution < 1.29 is 19.1 Å². The quantitative estimate of drug-likeness (QED) is 0.789. The number of amides is 2. The third kappa shape index (κ3) is 4.45. The molecule has 0 radical (unpaired) electrons. The molecule has 2 amide bonds. The number of aryl methyl sites for hydroxylation is 2. The number of hydrogen-bond acceptors (Lipinski definition) is 6. The average molecular weight is 349 g/mol. The van der Waals surface area contributed by atoms with Gasteiger partial charge in [-0.3, -0.25) is 9.59 Å². The Kier molecular flexibility index (Phi) is 5.75. The van der Waals surface area contributed by atoms with Gasteiger partial charge in [0.1, 0.15) is 4.88 Å². The number of rotatable bonds is 7. The first-order chi connectivity index (χ1) is 11.4. The van der Waals surface area contributed by atoms with E-state index in [9.17, 15) is 9.59 Å². The number of benzene rings is 1. The molecule has 1 aromatic carbocycles. The van der Waals surface area contributed by atoms with Crippen LogP contribution in [0.25, 0.3) is 0 Å². The zero-order valence-corrected chi connectivity index (χ0v) is 14.5. The highest BCUT2D eigenvalue weighted by Crippen LogP contribution is 2.28. The largest absolute Gasteiger partial charge is 0.493 e. The van der Waals surface area contributed by atoms with E-state index in [0.717, 1.165) is 16.3 Å². The molecule has 0 unspecified atom stereocenters. The molecule has 1 heterocycles. The molecule has 0 saturated heterocycles. The minimum absolute atomic E-state index is 0.161. The van der Waals surface area contributed by atoms with Crippen LogP contribution in [0.4, 0.5) is 0 Å². The lowest BCUT2D eigenvalue weighted by molar-refractivity contribution is -0.119. The molecule has 2 aromatic rings. The van der Waals surface area contributed by atoms with E-state index >= 15 is 0 Å². The second-order valence-corrected chi connectivity index (χ2v) is 6.27. The summed E-state index contributed by atoms with van der Waals surface area (Å²) in [6.45, 7) is 3.79. The molecule has 8 heteroatoms. The summed E-state index contributed by atoms with van der Waals surface area (Å²) in [5.41, 5.74) is 6.62. The van der Waals surface area contributed by atoms with Gasteiger partial charge in [-0.05, 0) is 31.5 Å². The van der Waals surface area contributed by atoms with Crippen molar-refractivity contribution in [3.63, 3.8) is 0 Å². The summed E-state index contributed by atoms with van der Waals surface area (Å²) in [4.78, 5) is 27.8. The van der Waals surface area contributed by atoms with Crippen LogP contribution in [0.15, 0.2) is 18.2 Å². The third-order valence-electron chi connectivity index (χ3n) is 3.16. The maximum Gasteiger partial charge on any atom is 0.263 e. The topological polar surface area (TPSA) is 104 Å². The van der Waals surface area contributed by atoms with E-state index in [1.54, 1.807) is 18.2 Å². The second-order valence-electron chi connectivity index (χ2n) is 5.07. The van der Waals surface area contributed by atoms with Gasteiger partial charge in [0.25, 0.3) is 11.8 Å². The van der Waals surface area contributed by atoms with E-state index < -0.39 is 5.91 Å². The Balaban J connectivity index is 2.03. The Hall–Kier alpha value is -2.61. The van der Waals surface area contributed by atoms with Crippen molar-refractivity contribution in [2.75, 3.05) is 13.7 Å². The Bertz CT molecular complexity index is 758. The summed E-state index contributed by atoms with van der Waals surface area (Å²) in [5.74, 6) is 0.155. The first-order valence-electron chi connectivity index (χ1n) is 7.21. The lowest BCUT2D eigenvalue weighted by Crippen LogP contribution is -2.22. The molecule has 0 aliphatic carbocycles. The van der Waals surface area contributed by atoms with Gasteiger partial charge in [-0.25, -0.2) is 4.98 Å². The maximum atomic E-state index is 12.2. The highest BCUT2D eigenvalue weighted by Gasteiger charge is 2.14. The first kappa shape index (κ1) is 17.7. The van der Waals surface area contributed by atoms with Gasteiger partial charge >= 0.3 is 0 Å². The molecule has 0 saturated carbocycles. The summed E-state index contributed by atoms with van der Waals surface area (Å²) in [6, 6.07) is 5.19. The third-order valence-corrected chi connectivity index (χ3v) is 4.23. The summed E-state index contributed by atoms with van der Waals surface area (Å²) in [5, 5.41) is 3.71. The van der Waals surface area contributed by atoms with Crippen molar-refractivity contribution in [2.24, 2.45) is 5.73 Å². The predicted octanol–water partition coefficient (Wildman–Crippen LogP) is 1.56. The van der Waals surface area contributed by atoms with Gasteiger partial charge in [0.2, 0.25) is 0 Å². The van der Waals surface area contributed by atoms with Crippen molar-refractivity contribution in [3.8, 4) is 11.5 Å². The van der Waals surface area contributed by atoms with Crippen LogP contribution < -0.4 is 20.5 Å². The van der Waals surface area contributed by atoms with E-state index in [4.69, 9.17) is 15.2 Å². The van der Waals surface area contributed by atoms with Crippen molar-refractivity contribution in [1.29, 1.82) is 0 Å². The van der Waals surface area contributed by atoms with E-state index in [0.29, 0.717) is 22.9 Å². The Morgan fingerprint density at radius 3 is 2.62 bits per heavy atom. The summed E-state index contributed by atoms with van der Waals surface area (Å²) >= 11 is 1.37. The molecule has 0 atom stereocenters. The van der Waals surface area contributed by atoms with Gasteiger partial charge < -0.3 is 20.5 Å². The Morgan fingerprint density at radius 2 is 2.04 bits per heavy atom. The number of ether oxygens (including phenoxy) is 2. The van der Waals surface area contributed by atoms with Crippen molar-refractivity contribution >= 4 is 23.2 Å². The number of nitrogens with one attached hydrogen (secondary N) is 1. The number of nitrogens with zero attached hydrogens (tertiary/aromatic N) is 1. The minimum Gasteiger partial charge on any atom is -0.493 e. The van der Waals surface area contributed by atoms with Crippen LogP contribution in [0.2, 0.25) is 0 Å². The molecule has 2 rings (SSSR count). The van der Waals surface area contributed by atoms with Crippen LogP contribution in [-0.2, 0) is 11.3 Å². The van der Waals surface area contributed by atoms with Crippen molar-refractivity contribution in [2.45, 2.75) is 20.4 Å². The zero-order chi connectivity index (χ0) is 17.7. The maximum absolute atomic E-state index is 12.2. The smallest absolute Gasteiger partial charge is 0.263 e. The fourth-order valence-electron chi connectivity index (χ4n) is 2.09. The normalized spacial score (nSPS) is 10.3. The molecule has 3 N–H and O–H groups in total. The fraction of sp³-hybridized carbons (Fsp3) is 0.312. The SMILES string of the molecule is COc1cc(CNC(=O)c2sc(C)nc2C)ccc1OCC(N)=O. The molecule has 7 nitrogen and oxygen atoms in total. The molecule has 24 heavy (non-hydrogen) atoms. The van der Waals surface area contributed by atoms with Gasteiger partial charge in [0.05, 0.1) is 17.8 Å². The van der Waals surface area contributed by atoms with Crippen LogP contribution in [0.1, 0.15) is 25.9 Å². The number of carbonyl (C=O) groups excluding carboxylic acids is 2. The van der Waals surface area contributed by atoms with Gasteiger partial charge in [-0.1, -0.05) is 6.07 Å². The summed E-state index contributed by atoms with van der Waals surface area (Å²) in [7, 11) is 1.50. The molecule has 0 fully saturated rings. The van der Waals surface area contributed by atoms with Crippen molar-refractivity contribution in [1.82, 2.24) is 10.3 Å².